The van der Waals surface area contributed by atoms with Crippen LogP contribution in [0.5, 0.6) is 0 Å². The van der Waals surface area contributed by atoms with Crippen molar-refractivity contribution in [2.75, 3.05) is 7.11 Å². The first kappa shape index (κ1) is 22.0. The largest absolute Gasteiger partial charge is 0.464 e. The molecule has 6 aromatic rings. The Hall–Kier alpha value is -4.99. The number of hydrogen-bond acceptors (Lipinski definition) is 6. The SMILES string of the molecule is COC(=O)c1cn(C2CCC(n3c4ccccc4c4c5c(c6c7ccccc7[nH]c6c43)C(=O)NC5=O)C2)nn1. The van der Waals surface area contributed by atoms with Crippen molar-refractivity contribution < 1.29 is 19.1 Å². The highest BCUT2D eigenvalue weighted by Gasteiger charge is 2.38. The summed E-state index contributed by atoms with van der Waals surface area (Å²) in [7, 11) is 1.32. The van der Waals surface area contributed by atoms with Gasteiger partial charge in [-0.05, 0) is 31.4 Å². The van der Waals surface area contributed by atoms with Gasteiger partial charge in [-0.25, -0.2) is 9.48 Å². The predicted molar refractivity (Wildman–Crippen MR) is 144 cm³/mol. The fourth-order valence-corrected chi connectivity index (χ4v) is 6.72. The van der Waals surface area contributed by atoms with Crippen LogP contribution in [0.15, 0.2) is 54.7 Å². The Labute approximate surface area is 220 Å². The van der Waals surface area contributed by atoms with E-state index in [1.54, 1.807) is 10.9 Å². The standard InChI is InChI=1S/C29H22N6O4/c1-39-29(38)19-13-34(33-32-19)14-10-11-15(12-14)35-20-9-5-3-7-17(20)22-24-23(27(36)31-28(24)37)21-16-6-2-4-8-18(16)30-25(21)26(22)35/h2-9,13-15,30H,10-12H2,1H3,(H,31,36,37). The minimum Gasteiger partial charge on any atom is -0.464 e. The van der Waals surface area contributed by atoms with Crippen molar-refractivity contribution in [2.24, 2.45) is 0 Å². The number of methoxy groups -OCH3 is 1. The Morgan fingerprint density at radius 1 is 0.949 bits per heavy atom. The van der Waals surface area contributed by atoms with E-state index < -0.39 is 5.97 Å². The van der Waals surface area contributed by atoms with E-state index >= 15 is 0 Å². The molecule has 3 aromatic carbocycles. The van der Waals surface area contributed by atoms with E-state index in [-0.39, 0.29) is 29.6 Å². The van der Waals surface area contributed by atoms with Gasteiger partial charge >= 0.3 is 5.97 Å². The molecule has 10 heteroatoms. The number of carbonyl (C=O) groups is 3. The van der Waals surface area contributed by atoms with Gasteiger partial charge < -0.3 is 14.3 Å². The van der Waals surface area contributed by atoms with Gasteiger partial charge in [-0.15, -0.1) is 5.10 Å². The molecule has 4 heterocycles. The molecule has 8 rings (SSSR count). The van der Waals surface area contributed by atoms with Crippen LogP contribution >= 0.6 is 0 Å². The zero-order chi connectivity index (χ0) is 26.4. The van der Waals surface area contributed by atoms with Crippen LogP contribution in [0.2, 0.25) is 0 Å². The van der Waals surface area contributed by atoms with Gasteiger partial charge in [-0.1, -0.05) is 41.6 Å². The first-order chi connectivity index (χ1) is 19.0. The molecule has 1 aliphatic heterocycles. The Bertz CT molecular complexity index is 2050. The number of hydrogen-bond donors (Lipinski definition) is 2. The summed E-state index contributed by atoms with van der Waals surface area (Å²) in [5, 5.41) is 14.2. The fraction of sp³-hybridized carbons (Fsp3) is 0.207. The van der Waals surface area contributed by atoms with Gasteiger partial charge in [0.15, 0.2) is 5.69 Å². The van der Waals surface area contributed by atoms with E-state index in [0.717, 1.165) is 62.9 Å². The third-order valence-corrected chi connectivity index (χ3v) is 8.31. The third-order valence-electron chi connectivity index (χ3n) is 8.31. The Kier molecular flexibility index (Phi) is 4.39. The second kappa shape index (κ2) is 7.76. The van der Waals surface area contributed by atoms with E-state index in [1.165, 1.54) is 7.11 Å². The van der Waals surface area contributed by atoms with Gasteiger partial charge in [0, 0.05) is 38.6 Å². The van der Waals surface area contributed by atoms with Gasteiger partial charge in [0.05, 0.1) is 41.5 Å². The zero-order valence-electron chi connectivity index (χ0n) is 20.9. The van der Waals surface area contributed by atoms with Gasteiger partial charge in [0.25, 0.3) is 11.8 Å². The number of H-pyrrole nitrogens is 1. The smallest absolute Gasteiger partial charge is 0.360 e. The lowest BCUT2D eigenvalue weighted by Gasteiger charge is -2.17. The van der Waals surface area contributed by atoms with Crippen LogP contribution in [0.3, 0.4) is 0 Å². The molecule has 39 heavy (non-hydrogen) atoms. The maximum Gasteiger partial charge on any atom is 0.360 e. The summed E-state index contributed by atoms with van der Waals surface area (Å²) in [5.41, 5.74) is 4.75. The Morgan fingerprint density at radius 3 is 2.49 bits per heavy atom. The molecule has 10 nitrogen and oxygen atoms in total. The normalized spacial score (nSPS) is 19.0. The molecule has 2 aliphatic rings. The highest BCUT2D eigenvalue weighted by atomic mass is 16.5. The van der Waals surface area contributed by atoms with Crippen molar-refractivity contribution >= 4 is 61.4 Å². The molecular formula is C29H22N6O4. The van der Waals surface area contributed by atoms with Gasteiger partial charge in [-0.3, -0.25) is 14.9 Å². The lowest BCUT2D eigenvalue weighted by Crippen LogP contribution is -2.20. The number of carbonyl (C=O) groups excluding carboxylic acids is 3. The van der Waals surface area contributed by atoms with Crippen LogP contribution in [-0.2, 0) is 4.74 Å². The third kappa shape index (κ3) is 2.88. The number of nitrogens with one attached hydrogen (secondary N) is 2. The predicted octanol–water partition coefficient (Wildman–Crippen LogP) is 4.66. The van der Waals surface area contributed by atoms with Crippen molar-refractivity contribution in [3.05, 3.63) is 71.5 Å². The molecule has 0 spiro atoms. The number of benzene rings is 3. The molecule has 192 valence electrons. The molecule has 1 fully saturated rings. The van der Waals surface area contributed by atoms with Crippen molar-refractivity contribution in [1.29, 1.82) is 0 Å². The average molecular weight is 519 g/mol. The maximum absolute atomic E-state index is 13.3. The molecule has 0 radical (unpaired) electrons. The molecule has 0 saturated heterocycles. The van der Waals surface area contributed by atoms with E-state index in [4.69, 9.17) is 4.74 Å². The van der Waals surface area contributed by atoms with Crippen molar-refractivity contribution in [3.8, 4) is 0 Å². The van der Waals surface area contributed by atoms with E-state index in [1.807, 2.05) is 42.5 Å². The average Bonchev–Trinajstić information content (AvgIpc) is 3.76. The number of imide groups is 1. The minimum absolute atomic E-state index is 0.0506. The van der Waals surface area contributed by atoms with E-state index in [2.05, 4.69) is 31.2 Å². The van der Waals surface area contributed by atoms with E-state index in [0.29, 0.717) is 11.1 Å². The summed E-state index contributed by atoms with van der Waals surface area (Å²) in [6.07, 6.45) is 4.13. The molecular weight excluding hydrogens is 496 g/mol. The molecule has 1 aliphatic carbocycles. The van der Waals surface area contributed by atoms with Crippen LogP contribution < -0.4 is 5.32 Å². The molecule has 2 unspecified atom stereocenters. The Balaban J connectivity index is 1.40. The molecule has 1 saturated carbocycles. The number of ether oxygens (including phenoxy) is 1. The number of aromatic amines is 1. The first-order valence-corrected chi connectivity index (χ1v) is 12.9. The van der Waals surface area contributed by atoms with E-state index in [9.17, 15) is 14.4 Å². The highest BCUT2D eigenvalue weighted by Crippen LogP contribution is 2.47. The van der Waals surface area contributed by atoms with Crippen molar-refractivity contribution in [3.63, 3.8) is 0 Å². The molecule has 3 aromatic heterocycles. The van der Waals surface area contributed by atoms with Crippen molar-refractivity contribution in [1.82, 2.24) is 29.9 Å². The number of para-hydroxylation sites is 2. The lowest BCUT2D eigenvalue weighted by atomic mass is 9.96. The molecule has 2 N–H and O–H groups in total. The molecule has 2 atom stereocenters. The van der Waals surface area contributed by atoms with Gasteiger partial charge in [0.1, 0.15) is 0 Å². The van der Waals surface area contributed by atoms with Crippen LogP contribution in [0.25, 0.3) is 43.6 Å². The Morgan fingerprint density at radius 2 is 1.67 bits per heavy atom. The second-order valence-corrected chi connectivity index (χ2v) is 10.3. The topological polar surface area (TPSA) is 124 Å². The number of aromatic nitrogens is 5. The highest BCUT2D eigenvalue weighted by molar-refractivity contribution is 6.39. The summed E-state index contributed by atoms with van der Waals surface area (Å²) in [6.45, 7) is 0. The molecule has 0 bridgehead atoms. The summed E-state index contributed by atoms with van der Waals surface area (Å²) in [6, 6.07) is 16.1. The van der Waals surface area contributed by atoms with Crippen LogP contribution in [-0.4, -0.2) is 49.4 Å². The quantitative estimate of drug-likeness (QED) is 0.260. The second-order valence-electron chi connectivity index (χ2n) is 10.3. The van der Waals surface area contributed by atoms with Gasteiger partial charge in [0.2, 0.25) is 0 Å². The van der Waals surface area contributed by atoms with Crippen LogP contribution in [0, 0.1) is 0 Å². The van der Waals surface area contributed by atoms with Crippen molar-refractivity contribution in [2.45, 2.75) is 31.3 Å². The van der Waals surface area contributed by atoms with Crippen LogP contribution in [0.4, 0.5) is 0 Å². The fourth-order valence-electron chi connectivity index (χ4n) is 6.72. The zero-order valence-corrected chi connectivity index (χ0v) is 20.9. The van der Waals surface area contributed by atoms with Crippen LogP contribution in [0.1, 0.15) is 62.6 Å². The summed E-state index contributed by atoms with van der Waals surface area (Å²) in [4.78, 5) is 41.9. The number of rotatable bonds is 3. The number of nitrogens with zero attached hydrogens (tertiary/aromatic N) is 4. The summed E-state index contributed by atoms with van der Waals surface area (Å²) < 4.78 is 8.87. The number of fused-ring (bicyclic) bond motifs is 10. The summed E-state index contributed by atoms with van der Waals surface area (Å²) >= 11 is 0. The summed E-state index contributed by atoms with van der Waals surface area (Å²) in [5.74, 6) is -1.24. The van der Waals surface area contributed by atoms with Gasteiger partial charge in [-0.2, -0.15) is 0 Å². The number of amides is 2. The monoisotopic (exact) mass is 518 g/mol. The first-order valence-electron chi connectivity index (χ1n) is 12.9. The maximum atomic E-state index is 13.3. The minimum atomic E-state index is -0.513. The number of esters is 1. The molecule has 2 amide bonds. The lowest BCUT2D eigenvalue weighted by molar-refractivity contribution is 0.0593.